The molecule has 3 rings (SSSR count). The molecule has 1 aliphatic heterocycles. The molecule has 1 saturated heterocycles. The number of hydrogen-bond donors (Lipinski definition) is 0. The van der Waals surface area contributed by atoms with Crippen LogP contribution in [-0.4, -0.2) is 37.0 Å². The number of piperazine rings is 1. The van der Waals surface area contributed by atoms with Gasteiger partial charge in [0, 0.05) is 41.8 Å². The van der Waals surface area contributed by atoms with Gasteiger partial charge < -0.3 is 9.80 Å². The number of nitrogens with zero attached hydrogens (tertiary/aromatic N) is 3. The van der Waals surface area contributed by atoms with E-state index in [1.54, 1.807) is 35.2 Å². The fourth-order valence-electron chi connectivity index (χ4n) is 2.84. The number of rotatable bonds is 2. The maximum atomic E-state index is 14.1. The van der Waals surface area contributed by atoms with Gasteiger partial charge in [0.05, 0.1) is 17.3 Å². The van der Waals surface area contributed by atoms with Crippen LogP contribution in [0.4, 0.5) is 10.1 Å². The van der Waals surface area contributed by atoms with Crippen LogP contribution in [0, 0.1) is 17.1 Å². The lowest BCUT2D eigenvalue weighted by molar-refractivity contribution is 0.0746. The van der Waals surface area contributed by atoms with Crippen LogP contribution < -0.4 is 4.90 Å². The van der Waals surface area contributed by atoms with Crippen molar-refractivity contribution in [2.75, 3.05) is 31.1 Å². The summed E-state index contributed by atoms with van der Waals surface area (Å²) in [7, 11) is 0. The molecule has 128 valence electrons. The first-order chi connectivity index (χ1) is 12.0. The zero-order chi connectivity index (χ0) is 18.0. The van der Waals surface area contributed by atoms with Crippen molar-refractivity contribution in [1.29, 1.82) is 5.26 Å². The summed E-state index contributed by atoms with van der Waals surface area (Å²) in [5.41, 5.74) is 1.17. The first kappa shape index (κ1) is 17.5. The first-order valence-corrected chi connectivity index (χ1v) is 8.43. The Morgan fingerprint density at radius 3 is 2.24 bits per heavy atom. The third-order valence-corrected chi connectivity index (χ3v) is 4.53. The lowest BCUT2D eigenvalue weighted by Crippen LogP contribution is -2.49. The number of amides is 1. The summed E-state index contributed by atoms with van der Waals surface area (Å²) in [5.74, 6) is -0.579. The van der Waals surface area contributed by atoms with Crippen molar-refractivity contribution in [2.24, 2.45) is 0 Å². The van der Waals surface area contributed by atoms with Crippen LogP contribution in [0.25, 0.3) is 0 Å². The Balaban J connectivity index is 1.69. The minimum atomic E-state index is -0.430. The average Bonchev–Trinajstić information content (AvgIpc) is 2.60. The molecular weight excluding hydrogens is 364 g/mol. The Morgan fingerprint density at radius 1 is 1.04 bits per heavy atom. The van der Waals surface area contributed by atoms with Crippen LogP contribution >= 0.6 is 23.2 Å². The molecule has 0 aromatic heterocycles. The summed E-state index contributed by atoms with van der Waals surface area (Å²) < 4.78 is 14.1. The van der Waals surface area contributed by atoms with E-state index in [1.165, 1.54) is 6.07 Å². The molecule has 2 aromatic carbocycles. The third-order valence-electron chi connectivity index (χ3n) is 4.09. The molecule has 1 aliphatic rings. The predicted molar refractivity (Wildman–Crippen MR) is 95.7 cm³/mol. The molecule has 1 fully saturated rings. The Labute approximate surface area is 155 Å². The molecule has 7 heteroatoms. The highest BCUT2D eigenvalue weighted by molar-refractivity contribution is 6.35. The fraction of sp³-hybridized carbons (Fsp3) is 0.222. The summed E-state index contributed by atoms with van der Waals surface area (Å²) >= 11 is 11.9. The lowest BCUT2D eigenvalue weighted by atomic mass is 10.1. The summed E-state index contributed by atoms with van der Waals surface area (Å²) in [4.78, 5) is 16.1. The minimum absolute atomic E-state index is 0.149. The van der Waals surface area contributed by atoms with E-state index in [2.05, 4.69) is 0 Å². The van der Waals surface area contributed by atoms with Gasteiger partial charge in [0.15, 0.2) is 0 Å². The van der Waals surface area contributed by atoms with E-state index in [-0.39, 0.29) is 11.5 Å². The second-order valence-electron chi connectivity index (χ2n) is 5.72. The minimum Gasteiger partial charge on any atom is -0.366 e. The number of benzene rings is 2. The maximum absolute atomic E-state index is 14.1. The third kappa shape index (κ3) is 3.87. The van der Waals surface area contributed by atoms with Crippen molar-refractivity contribution in [2.45, 2.75) is 0 Å². The molecule has 0 unspecified atom stereocenters. The smallest absolute Gasteiger partial charge is 0.254 e. The molecule has 0 saturated carbocycles. The van der Waals surface area contributed by atoms with Crippen molar-refractivity contribution in [1.82, 2.24) is 4.90 Å². The zero-order valence-electron chi connectivity index (χ0n) is 13.2. The highest BCUT2D eigenvalue weighted by Gasteiger charge is 2.24. The zero-order valence-corrected chi connectivity index (χ0v) is 14.7. The van der Waals surface area contributed by atoms with Crippen LogP contribution in [-0.2, 0) is 0 Å². The van der Waals surface area contributed by atoms with E-state index in [1.807, 2.05) is 11.0 Å². The van der Waals surface area contributed by atoms with Crippen LogP contribution in [0.5, 0.6) is 0 Å². The van der Waals surface area contributed by atoms with Crippen molar-refractivity contribution in [3.63, 3.8) is 0 Å². The number of anilines is 1. The van der Waals surface area contributed by atoms with E-state index in [4.69, 9.17) is 28.5 Å². The van der Waals surface area contributed by atoms with Crippen molar-refractivity contribution < 1.29 is 9.18 Å². The van der Waals surface area contributed by atoms with Crippen molar-refractivity contribution in [3.05, 3.63) is 63.4 Å². The SMILES string of the molecule is N#Cc1ccc(N2CCN(C(=O)c3cc(Cl)cc(Cl)c3)CC2)c(F)c1. The van der Waals surface area contributed by atoms with Crippen molar-refractivity contribution >= 4 is 34.8 Å². The maximum Gasteiger partial charge on any atom is 0.254 e. The number of nitriles is 1. The number of halogens is 3. The topological polar surface area (TPSA) is 47.3 Å². The number of carbonyl (C=O) groups excluding carboxylic acids is 1. The molecule has 4 nitrogen and oxygen atoms in total. The van der Waals surface area contributed by atoms with Gasteiger partial charge >= 0.3 is 0 Å². The van der Waals surface area contributed by atoms with Gasteiger partial charge in [0.25, 0.3) is 5.91 Å². The van der Waals surface area contributed by atoms with E-state index >= 15 is 0 Å². The van der Waals surface area contributed by atoms with Gasteiger partial charge in [-0.2, -0.15) is 5.26 Å². The average molecular weight is 378 g/mol. The van der Waals surface area contributed by atoms with Crippen LogP contribution in [0.15, 0.2) is 36.4 Å². The second-order valence-corrected chi connectivity index (χ2v) is 6.59. The molecule has 2 aromatic rings. The van der Waals surface area contributed by atoms with Gasteiger partial charge in [-0.25, -0.2) is 4.39 Å². The Bertz CT molecular complexity index is 838. The predicted octanol–water partition coefficient (Wildman–Crippen LogP) is 3.97. The molecular formula is C18H14Cl2FN3O. The molecule has 0 spiro atoms. The van der Waals surface area contributed by atoms with Crippen LogP contribution in [0.3, 0.4) is 0 Å². The molecule has 0 aliphatic carbocycles. The van der Waals surface area contributed by atoms with E-state index < -0.39 is 5.82 Å². The van der Waals surface area contributed by atoms with Gasteiger partial charge in [-0.05, 0) is 36.4 Å². The summed E-state index contributed by atoms with van der Waals surface area (Å²) in [5, 5.41) is 9.64. The molecule has 0 N–H and O–H groups in total. The lowest BCUT2D eigenvalue weighted by Gasteiger charge is -2.36. The number of carbonyl (C=O) groups is 1. The quantitative estimate of drug-likeness (QED) is 0.795. The normalized spacial score (nSPS) is 14.3. The van der Waals surface area contributed by atoms with Crippen LogP contribution in [0.1, 0.15) is 15.9 Å². The monoisotopic (exact) mass is 377 g/mol. The van der Waals surface area contributed by atoms with Gasteiger partial charge in [0.2, 0.25) is 0 Å². The number of hydrogen-bond acceptors (Lipinski definition) is 3. The van der Waals surface area contributed by atoms with E-state index in [0.717, 1.165) is 0 Å². The standard InChI is InChI=1S/C18H14Cl2FN3O/c19-14-8-13(9-15(20)10-14)18(25)24-5-3-23(4-6-24)17-2-1-12(11-22)7-16(17)21/h1-2,7-10H,3-6H2. The Hall–Kier alpha value is -2.29. The Kier molecular flexibility index (Phi) is 5.12. The van der Waals surface area contributed by atoms with E-state index in [0.29, 0.717) is 47.5 Å². The second kappa shape index (κ2) is 7.30. The van der Waals surface area contributed by atoms with Gasteiger partial charge in [-0.1, -0.05) is 23.2 Å². The fourth-order valence-corrected chi connectivity index (χ4v) is 3.37. The highest BCUT2D eigenvalue weighted by atomic mass is 35.5. The first-order valence-electron chi connectivity index (χ1n) is 7.68. The molecule has 25 heavy (non-hydrogen) atoms. The van der Waals surface area contributed by atoms with Crippen LogP contribution in [0.2, 0.25) is 10.0 Å². The van der Waals surface area contributed by atoms with Gasteiger partial charge in [-0.3, -0.25) is 4.79 Å². The molecule has 1 amide bonds. The van der Waals surface area contributed by atoms with Gasteiger partial charge in [0.1, 0.15) is 5.82 Å². The Morgan fingerprint density at radius 2 is 1.68 bits per heavy atom. The summed E-state index contributed by atoms with van der Waals surface area (Å²) in [6.07, 6.45) is 0. The molecule has 1 heterocycles. The van der Waals surface area contributed by atoms with Crippen molar-refractivity contribution in [3.8, 4) is 6.07 Å². The summed E-state index contributed by atoms with van der Waals surface area (Å²) in [6.45, 7) is 1.93. The molecule has 0 radical (unpaired) electrons. The molecule has 0 atom stereocenters. The molecule has 0 bridgehead atoms. The summed E-state index contributed by atoms with van der Waals surface area (Å²) in [6, 6.07) is 11.1. The highest BCUT2D eigenvalue weighted by Crippen LogP contribution is 2.24. The van der Waals surface area contributed by atoms with Gasteiger partial charge in [-0.15, -0.1) is 0 Å². The largest absolute Gasteiger partial charge is 0.366 e. The van der Waals surface area contributed by atoms with E-state index in [9.17, 15) is 9.18 Å².